The van der Waals surface area contributed by atoms with E-state index in [1.165, 1.54) is 11.3 Å². The molecule has 0 spiro atoms. The van der Waals surface area contributed by atoms with Gasteiger partial charge in [-0.05, 0) is 70.2 Å². The van der Waals surface area contributed by atoms with Gasteiger partial charge >= 0.3 is 6.01 Å². The van der Waals surface area contributed by atoms with Gasteiger partial charge in [-0.15, -0.1) is 11.3 Å². The number of ether oxygens (including phenoxy) is 3. The molecule has 9 rings (SSSR count). The molecule has 0 aliphatic carbocycles. The van der Waals surface area contributed by atoms with Crippen LogP contribution in [0.2, 0.25) is 5.02 Å². The van der Waals surface area contributed by atoms with E-state index in [4.69, 9.17) is 45.9 Å². The Morgan fingerprint density at radius 1 is 1.18 bits per heavy atom. The molecule has 4 saturated heterocycles. The molecule has 11 nitrogen and oxygen atoms in total. The summed E-state index contributed by atoms with van der Waals surface area (Å²) < 4.78 is 35.8. The number of pyridine rings is 1. The van der Waals surface area contributed by atoms with Gasteiger partial charge in [0.15, 0.2) is 6.23 Å². The Morgan fingerprint density at radius 3 is 2.94 bits per heavy atom. The van der Waals surface area contributed by atoms with Gasteiger partial charge in [-0.2, -0.15) is 15.1 Å². The van der Waals surface area contributed by atoms with Crippen LogP contribution < -0.4 is 9.64 Å². The summed E-state index contributed by atoms with van der Waals surface area (Å²) in [5, 5.41) is 19.3. The topological polar surface area (TPSA) is 111 Å². The number of fused-ring (bicyclic) bond motifs is 5. The summed E-state index contributed by atoms with van der Waals surface area (Å²) in [6.45, 7) is 7.68. The first-order valence-corrected chi connectivity index (χ1v) is 18.8. The first-order chi connectivity index (χ1) is 24.2. The Morgan fingerprint density at radius 2 is 2.08 bits per heavy atom. The zero-order chi connectivity index (χ0) is 34.2. The van der Waals surface area contributed by atoms with Crippen LogP contribution in [-0.4, -0.2) is 105 Å². The normalized spacial score (nSPS) is 27.8. The Balaban J connectivity index is 1.20. The van der Waals surface area contributed by atoms with Crippen LogP contribution in [0.5, 0.6) is 6.01 Å². The molecule has 5 aromatic rings. The average molecular weight is 722 g/mol. The molecule has 1 aromatic carbocycles. The Kier molecular flexibility index (Phi) is 8.16. The van der Waals surface area contributed by atoms with Gasteiger partial charge in [0, 0.05) is 48.6 Å². The number of hydrogen-bond donors (Lipinski definition) is 1. The number of β-amino-alcohol motifs (C(OH)–C–C–N with tert-alkyl or cyclic N) is 1. The molecule has 1 unspecified atom stereocenters. The second-order valence-electron chi connectivity index (χ2n) is 14.7. The highest BCUT2D eigenvalue weighted by Crippen LogP contribution is 2.47. The summed E-state index contributed by atoms with van der Waals surface area (Å²) in [5.41, 5.74) is 2.03. The number of alkyl halides is 1. The van der Waals surface area contributed by atoms with Gasteiger partial charge in [0.25, 0.3) is 0 Å². The van der Waals surface area contributed by atoms with Crippen LogP contribution in [0.3, 0.4) is 0 Å². The predicted molar refractivity (Wildman–Crippen MR) is 192 cm³/mol. The zero-order valence-electron chi connectivity index (χ0n) is 28.3. The summed E-state index contributed by atoms with van der Waals surface area (Å²) in [6.07, 6.45) is 8.14. The summed E-state index contributed by atoms with van der Waals surface area (Å²) in [6, 6.07) is 4.32. The van der Waals surface area contributed by atoms with E-state index in [1.54, 1.807) is 13.1 Å². The van der Waals surface area contributed by atoms with Gasteiger partial charge in [-0.25, -0.2) is 9.07 Å². The molecular formula is C36H41ClFN7O4S. The highest BCUT2D eigenvalue weighted by Gasteiger charge is 2.49. The van der Waals surface area contributed by atoms with Crippen LogP contribution in [0.15, 0.2) is 24.5 Å². The maximum Gasteiger partial charge on any atom is 0.319 e. The SMILES string of the molecule is Cc1cc2c(cnn2C2CCCCO2)c(-c2nccc3c2sc2nc(OC[C@@]45CCCN4C[C@H](F)C5)nc(N4CCOC[C@@](C)(O)C4)c23)c1Cl. The van der Waals surface area contributed by atoms with Crippen molar-refractivity contribution in [1.29, 1.82) is 0 Å². The molecule has 4 fully saturated rings. The van der Waals surface area contributed by atoms with Crippen LogP contribution in [0, 0.1) is 6.92 Å². The van der Waals surface area contributed by atoms with Crippen LogP contribution in [0.25, 0.3) is 42.5 Å². The number of anilines is 1. The second kappa shape index (κ2) is 12.5. The van der Waals surface area contributed by atoms with Crippen LogP contribution in [0.1, 0.15) is 57.2 Å². The van der Waals surface area contributed by atoms with Crippen molar-refractivity contribution in [2.75, 3.05) is 57.5 Å². The minimum Gasteiger partial charge on any atom is -0.461 e. The minimum atomic E-state index is -1.08. The lowest BCUT2D eigenvalue weighted by Gasteiger charge is -2.31. The van der Waals surface area contributed by atoms with E-state index in [-0.39, 0.29) is 24.4 Å². The number of rotatable bonds is 6. The van der Waals surface area contributed by atoms with Gasteiger partial charge in [-0.1, -0.05) is 11.6 Å². The van der Waals surface area contributed by atoms with Crippen molar-refractivity contribution in [2.45, 2.75) is 75.9 Å². The zero-order valence-corrected chi connectivity index (χ0v) is 29.9. The summed E-state index contributed by atoms with van der Waals surface area (Å²) in [7, 11) is 0. The highest BCUT2D eigenvalue weighted by molar-refractivity contribution is 7.26. The molecule has 50 heavy (non-hydrogen) atoms. The molecule has 0 saturated carbocycles. The van der Waals surface area contributed by atoms with Crippen molar-refractivity contribution in [2.24, 2.45) is 0 Å². The number of aromatic nitrogens is 5. The van der Waals surface area contributed by atoms with Crippen molar-refractivity contribution in [3.05, 3.63) is 35.1 Å². The first-order valence-electron chi connectivity index (χ1n) is 17.6. The lowest BCUT2D eigenvalue weighted by molar-refractivity contribution is -0.0366. The Hall–Kier alpha value is -3.20. The van der Waals surface area contributed by atoms with Gasteiger partial charge in [0.05, 0.1) is 57.8 Å². The molecule has 1 N–H and O–H groups in total. The number of benzene rings is 1. The third kappa shape index (κ3) is 5.52. The molecule has 264 valence electrons. The summed E-state index contributed by atoms with van der Waals surface area (Å²) in [5.74, 6) is 0.664. The molecule has 4 aromatic heterocycles. The van der Waals surface area contributed by atoms with Crippen LogP contribution in [0.4, 0.5) is 10.2 Å². The van der Waals surface area contributed by atoms with Gasteiger partial charge in [0.1, 0.15) is 29.0 Å². The highest BCUT2D eigenvalue weighted by atomic mass is 35.5. The minimum absolute atomic E-state index is 0.121. The molecule has 0 bridgehead atoms. The van der Waals surface area contributed by atoms with E-state index in [0.717, 1.165) is 93.3 Å². The number of aryl methyl sites for hydroxylation is 1. The fourth-order valence-corrected chi connectivity index (χ4v) is 9.93. The van der Waals surface area contributed by atoms with Crippen LogP contribution in [-0.2, 0) is 9.47 Å². The third-order valence-corrected chi connectivity index (χ3v) is 12.5. The predicted octanol–water partition coefficient (Wildman–Crippen LogP) is 6.46. The van der Waals surface area contributed by atoms with E-state index in [2.05, 4.69) is 15.9 Å². The molecule has 4 atom stereocenters. The fraction of sp³-hybridized carbons (Fsp3) is 0.556. The van der Waals surface area contributed by atoms with Crippen LogP contribution >= 0.6 is 22.9 Å². The van der Waals surface area contributed by atoms with Crippen molar-refractivity contribution in [3.63, 3.8) is 0 Å². The average Bonchev–Trinajstić information content (AvgIpc) is 3.84. The second-order valence-corrected chi connectivity index (χ2v) is 16.1. The number of aliphatic hydroxyl groups is 1. The summed E-state index contributed by atoms with van der Waals surface area (Å²) in [4.78, 5) is 20.0. The number of nitrogens with zero attached hydrogens (tertiary/aromatic N) is 7. The number of halogens is 2. The Labute approximate surface area is 298 Å². The third-order valence-electron chi connectivity index (χ3n) is 10.9. The first kappa shape index (κ1) is 32.7. The molecule has 0 radical (unpaired) electrons. The van der Waals surface area contributed by atoms with E-state index >= 15 is 0 Å². The molecule has 14 heteroatoms. The standard InChI is InChI=1S/C36H41ClFN7O4S/c1-21-14-25-24(16-40-45(25)26-6-3-4-12-48-26)27(29(21)37)30-31-23(7-9-39-30)28-32(43-11-13-47-19-35(2,46)18-43)41-34(42-33(28)50-31)49-20-36-8-5-10-44(36)17-22(38)15-36/h7,9,14,16,22,26,46H,3-6,8,10-13,15,17-20H2,1-2H3/t22-,26?,35+,36+/m1/s1. The summed E-state index contributed by atoms with van der Waals surface area (Å²) >= 11 is 8.67. The number of thiophene rings is 1. The van der Waals surface area contributed by atoms with Crippen molar-refractivity contribution in [1.82, 2.24) is 29.6 Å². The number of hydrogen-bond acceptors (Lipinski definition) is 11. The van der Waals surface area contributed by atoms with E-state index in [1.807, 2.05) is 23.9 Å². The molecular weight excluding hydrogens is 681 g/mol. The quantitative estimate of drug-likeness (QED) is 0.210. The van der Waals surface area contributed by atoms with E-state index in [9.17, 15) is 9.50 Å². The van der Waals surface area contributed by atoms with Crippen molar-refractivity contribution in [3.8, 4) is 17.3 Å². The molecule has 8 heterocycles. The largest absolute Gasteiger partial charge is 0.461 e. The molecule has 4 aliphatic rings. The lowest BCUT2D eigenvalue weighted by Crippen LogP contribution is -2.43. The van der Waals surface area contributed by atoms with E-state index < -0.39 is 11.8 Å². The smallest absolute Gasteiger partial charge is 0.319 e. The fourth-order valence-electron chi connectivity index (χ4n) is 8.54. The molecule has 0 amide bonds. The van der Waals surface area contributed by atoms with Crippen molar-refractivity contribution < 1.29 is 23.7 Å². The molecule has 4 aliphatic heterocycles. The van der Waals surface area contributed by atoms with Gasteiger partial charge < -0.3 is 24.2 Å². The van der Waals surface area contributed by atoms with Gasteiger partial charge in [0.2, 0.25) is 0 Å². The van der Waals surface area contributed by atoms with Gasteiger partial charge in [-0.3, -0.25) is 9.88 Å². The van der Waals surface area contributed by atoms with Crippen molar-refractivity contribution >= 4 is 60.0 Å². The Bertz CT molecular complexity index is 2100. The maximum atomic E-state index is 14.6. The lowest BCUT2D eigenvalue weighted by atomic mass is 9.95. The monoisotopic (exact) mass is 721 g/mol. The maximum absolute atomic E-state index is 14.6. The van der Waals surface area contributed by atoms with E-state index in [0.29, 0.717) is 50.1 Å².